The predicted octanol–water partition coefficient (Wildman–Crippen LogP) is 5.33. The van der Waals surface area contributed by atoms with Gasteiger partial charge in [0, 0.05) is 11.1 Å². The van der Waals surface area contributed by atoms with Crippen LogP contribution >= 0.6 is 0 Å². The van der Waals surface area contributed by atoms with Crippen LogP contribution in [0.2, 0.25) is 0 Å². The molecule has 0 heterocycles. The van der Waals surface area contributed by atoms with Crippen LogP contribution in [0.5, 0.6) is 0 Å². The van der Waals surface area contributed by atoms with Crippen molar-refractivity contribution in [2.75, 3.05) is 6.79 Å². The Balaban J connectivity index is 0. The molecule has 134 valence electrons. The summed E-state index contributed by atoms with van der Waals surface area (Å²) in [5, 5.41) is 0. The van der Waals surface area contributed by atoms with E-state index >= 15 is 0 Å². The molecule has 0 aromatic heterocycles. The smallest absolute Gasteiger partial charge is 0.335 e. The fraction of sp³-hybridized carbons (Fsp3) is 0.684. The summed E-state index contributed by atoms with van der Waals surface area (Å²) in [6.45, 7) is 13.9. The first kappa shape index (κ1) is 23.7. The molecule has 0 amide bonds. The summed E-state index contributed by atoms with van der Waals surface area (Å²) in [4.78, 5) is 21.5. The molecule has 23 heavy (non-hydrogen) atoms. The van der Waals surface area contributed by atoms with Gasteiger partial charge in [-0.15, -0.1) is 0 Å². The van der Waals surface area contributed by atoms with Crippen molar-refractivity contribution >= 4 is 11.9 Å². The van der Waals surface area contributed by atoms with Gasteiger partial charge in [0.05, 0.1) is 0 Å². The highest BCUT2D eigenvalue weighted by atomic mass is 16.7. The largest absolute Gasteiger partial charge is 0.425 e. The maximum atomic E-state index is 10.8. The second-order valence-electron chi connectivity index (χ2n) is 5.66. The molecular formula is C19H34O4. The van der Waals surface area contributed by atoms with E-state index < -0.39 is 18.7 Å². The van der Waals surface area contributed by atoms with E-state index in [0.29, 0.717) is 0 Å². The molecular weight excluding hydrogens is 292 g/mol. The van der Waals surface area contributed by atoms with Gasteiger partial charge in [-0.25, -0.2) is 9.59 Å². The third kappa shape index (κ3) is 18.4. The minimum absolute atomic E-state index is 0.256. The predicted molar refractivity (Wildman–Crippen MR) is 95.0 cm³/mol. The standard InChI is InChI=1S/C10H22.C9H12O4/c1-3-5-7-9-10-8-6-4-2;1-6(2)8(10)12-5-13-9(11)7(3)4/h3-10H2,1-2H3;1,3,5H2,2,4H3. The van der Waals surface area contributed by atoms with E-state index in [1.807, 2.05) is 0 Å². The Bertz CT molecular complexity index is 324. The van der Waals surface area contributed by atoms with Crippen LogP contribution in [0.4, 0.5) is 0 Å². The lowest BCUT2D eigenvalue weighted by Gasteiger charge is -2.04. The lowest BCUT2D eigenvalue weighted by molar-refractivity contribution is -0.161. The van der Waals surface area contributed by atoms with Crippen LogP contribution in [0.3, 0.4) is 0 Å². The Morgan fingerprint density at radius 3 is 1.26 bits per heavy atom. The van der Waals surface area contributed by atoms with Crippen molar-refractivity contribution < 1.29 is 19.1 Å². The van der Waals surface area contributed by atoms with Crippen LogP contribution in [0.25, 0.3) is 0 Å². The SMILES string of the molecule is C=C(C)C(=O)OCOC(=O)C(=C)C.CCCCCCCCCC. The van der Waals surface area contributed by atoms with Gasteiger partial charge in [-0.2, -0.15) is 0 Å². The van der Waals surface area contributed by atoms with Crippen molar-refractivity contribution in [3.8, 4) is 0 Å². The molecule has 0 aliphatic heterocycles. The third-order valence-corrected chi connectivity index (χ3v) is 3.03. The average molecular weight is 326 g/mol. The Labute approximate surface area is 141 Å². The maximum Gasteiger partial charge on any atom is 0.335 e. The van der Waals surface area contributed by atoms with E-state index in [4.69, 9.17) is 0 Å². The highest BCUT2D eigenvalue weighted by molar-refractivity contribution is 5.88. The van der Waals surface area contributed by atoms with Gasteiger partial charge in [0.25, 0.3) is 0 Å². The highest BCUT2D eigenvalue weighted by Gasteiger charge is 2.06. The molecule has 0 rings (SSSR count). The number of hydrogen-bond acceptors (Lipinski definition) is 4. The quantitative estimate of drug-likeness (QED) is 0.223. The molecule has 0 fully saturated rings. The molecule has 4 nitrogen and oxygen atoms in total. The molecule has 0 aliphatic carbocycles. The monoisotopic (exact) mass is 326 g/mol. The lowest BCUT2D eigenvalue weighted by atomic mass is 10.1. The van der Waals surface area contributed by atoms with Crippen LogP contribution in [-0.4, -0.2) is 18.7 Å². The molecule has 0 spiro atoms. The molecule has 0 unspecified atom stereocenters. The first-order valence-electron chi connectivity index (χ1n) is 8.52. The molecule has 0 saturated carbocycles. The summed E-state index contributed by atoms with van der Waals surface area (Å²) in [7, 11) is 0. The van der Waals surface area contributed by atoms with Crippen LogP contribution in [0, 0.1) is 0 Å². The van der Waals surface area contributed by atoms with Crippen LogP contribution in [-0.2, 0) is 19.1 Å². The summed E-state index contributed by atoms with van der Waals surface area (Å²) in [6, 6.07) is 0. The normalized spacial score (nSPS) is 9.39. The number of ether oxygens (including phenoxy) is 2. The van der Waals surface area contributed by atoms with Gasteiger partial charge in [-0.3, -0.25) is 0 Å². The highest BCUT2D eigenvalue weighted by Crippen LogP contribution is 2.07. The summed E-state index contributed by atoms with van der Waals surface area (Å²) in [5.41, 5.74) is 0.512. The molecule has 0 aromatic carbocycles. The van der Waals surface area contributed by atoms with E-state index in [-0.39, 0.29) is 11.1 Å². The van der Waals surface area contributed by atoms with E-state index in [1.54, 1.807) is 0 Å². The van der Waals surface area contributed by atoms with Gasteiger partial charge in [-0.1, -0.05) is 78.4 Å². The number of carbonyl (C=O) groups excluding carboxylic acids is 2. The minimum atomic E-state index is -0.588. The van der Waals surface area contributed by atoms with Crippen LogP contribution in [0.15, 0.2) is 24.3 Å². The van der Waals surface area contributed by atoms with E-state index in [0.717, 1.165) is 0 Å². The van der Waals surface area contributed by atoms with Gasteiger partial charge in [-0.05, 0) is 13.8 Å². The van der Waals surface area contributed by atoms with E-state index in [2.05, 4.69) is 36.5 Å². The number of unbranched alkanes of at least 4 members (excludes halogenated alkanes) is 7. The number of carbonyl (C=O) groups is 2. The lowest BCUT2D eigenvalue weighted by Crippen LogP contribution is -2.13. The summed E-state index contributed by atoms with van der Waals surface area (Å²) >= 11 is 0. The number of hydrogen-bond donors (Lipinski definition) is 0. The summed E-state index contributed by atoms with van der Waals surface area (Å²) < 4.78 is 9.00. The van der Waals surface area contributed by atoms with Gasteiger partial charge in [0.2, 0.25) is 6.79 Å². The van der Waals surface area contributed by atoms with Gasteiger partial charge in [0.15, 0.2) is 0 Å². The average Bonchev–Trinajstić information content (AvgIpc) is 2.51. The topological polar surface area (TPSA) is 52.6 Å². The summed E-state index contributed by atoms with van der Waals surface area (Å²) in [5.74, 6) is -1.18. The van der Waals surface area contributed by atoms with Crippen LogP contribution in [0.1, 0.15) is 79.1 Å². The Morgan fingerprint density at radius 1 is 0.696 bits per heavy atom. The first-order valence-corrected chi connectivity index (χ1v) is 8.52. The number of rotatable bonds is 11. The molecule has 0 aliphatic rings. The molecule has 0 radical (unpaired) electrons. The van der Waals surface area contributed by atoms with Crippen LogP contribution < -0.4 is 0 Å². The number of esters is 2. The molecule has 4 heteroatoms. The molecule has 0 bridgehead atoms. The molecule has 0 N–H and O–H groups in total. The van der Waals surface area contributed by atoms with Gasteiger partial charge in [0.1, 0.15) is 0 Å². The van der Waals surface area contributed by atoms with Crippen molar-refractivity contribution in [2.45, 2.75) is 79.1 Å². The van der Waals surface area contributed by atoms with Crippen molar-refractivity contribution in [3.63, 3.8) is 0 Å². The molecule has 0 atom stereocenters. The zero-order chi connectivity index (χ0) is 18.1. The Hall–Kier alpha value is -1.58. The Morgan fingerprint density at radius 2 is 1.00 bits per heavy atom. The minimum Gasteiger partial charge on any atom is -0.425 e. The van der Waals surface area contributed by atoms with Gasteiger partial charge >= 0.3 is 11.9 Å². The Kier molecular flexibility index (Phi) is 17.3. The molecule has 0 aromatic rings. The fourth-order valence-electron chi connectivity index (χ4n) is 1.59. The summed E-state index contributed by atoms with van der Waals surface area (Å²) in [6.07, 6.45) is 11.5. The first-order chi connectivity index (χ1) is 10.9. The zero-order valence-electron chi connectivity index (χ0n) is 15.4. The van der Waals surface area contributed by atoms with E-state index in [1.165, 1.54) is 65.2 Å². The second kappa shape index (κ2) is 16.8. The zero-order valence-corrected chi connectivity index (χ0v) is 15.4. The van der Waals surface area contributed by atoms with Crippen molar-refractivity contribution in [1.82, 2.24) is 0 Å². The molecule has 0 saturated heterocycles. The van der Waals surface area contributed by atoms with Crippen molar-refractivity contribution in [2.24, 2.45) is 0 Å². The van der Waals surface area contributed by atoms with Crippen molar-refractivity contribution in [1.29, 1.82) is 0 Å². The van der Waals surface area contributed by atoms with Crippen molar-refractivity contribution in [3.05, 3.63) is 24.3 Å². The van der Waals surface area contributed by atoms with Gasteiger partial charge < -0.3 is 9.47 Å². The van der Waals surface area contributed by atoms with E-state index in [9.17, 15) is 9.59 Å². The maximum absolute atomic E-state index is 10.8. The fourth-order valence-corrected chi connectivity index (χ4v) is 1.59. The second-order valence-corrected chi connectivity index (χ2v) is 5.66. The third-order valence-electron chi connectivity index (χ3n) is 3.03.